The van der Waals surface area contributed by atoms with Crippen molar-refractivity contribution in [1.82, 2.24) is 14.7 Å². The van der Waals surface area contributed by atoms with E-state index in [4.69, 9.17) is 0 Å². The van der Waals surface area contributed by atoms with E-state index in [1.54, 1.807) is 0 Å². The van der Waals surface area contributed by atoms with Crippen molar-refractivity contribution in [3.05, 3.63) is 47.2 Å². The van der Waals surface area contributed by atoms with E-state index in [-0.39, 0.29) is 11.8 Å². The summed E-state index contributed by atoms with van der Waals surface area (Å²) in [6, 6.07) is 7.78. The van der Waals surface area contributed by atoms with Crippen molar-refractivity contribution in [3.8, 4) is 0 Å². The summed E-state index contributed by atoms with van der Waals surface area (Å²) in [5.41, 5.74) is 3.06. The van der Waals surface area contributed by atoms with E-state index in [1.165, 1.54) is 18.5 Å². The summed E-state index contributed by atoms with van der Waals surface area (Å²) in [4.78, 5) is 31.8. The van der Waals surface area contributed by atoms with E-state index in [1.807, 2.05) is 41.0 Å². The molecule has 0 atom stereocenters. The first-order valence-electron chi connectivity index (χ1n) is 10.7. The van der Waals surface area contributed by atoms with E-state index in [0.717, 1.165) is 56.6 Å². The molecule has 0 N–H and O–H groups in total. The molecule has 5 heteroatoms. The summed E-state index contributed by atoms with van der Waals surface area (Å²) in [6.45, 7) is 8.27. The zero-order chi connectivity index (χ0) is 19.9. The average molecular weight is 384 g/mol. The highest BCUT2D eigenvalue weighted by molar-refractivity contribution is 5.94. The minimum absolute atomic E-state index is 0.0967. The fraction of sp³-hybridized carbons (Fsp3) is 0.565. The molecule has 1 aliphatic heterocycles. The Hall–Kier alpha value is -2.14. The van der Waals surface area contributed by atoms with Crippen LogP contribution in [-0.2, 0) is 4.79 Å². The average Bonchev–Trinajstić information content (AvgIpc) is 2.94. The Morgan fingerprint density at radius 3 is 2.64 bits per heavy atom. The molecular weight excluding hydrogens is 350 g/mol. The molecule has 152 valence electrons. The molecule has 0 radical (unpaired) electrons. The highest BCUT2D eigenvalue weighted by atomic mass is 16.2. The van der Waals surface area contributed by atoms with Gasteiger partial charge < -0.3 is 9.80 Å². The monoisotopic (exact) mass is 383 g/mol. The number of aryl methyl sites for hydroxylation is 1. The number of carbonyl (C=O) groups is 2. The molecule has 3 rings (SSSR count). The van der Waals surface area contributed by atoms with Gasteiger partial charge in [0.25, 0.3) is 5.91 Å². The van der Waals surface area contributed by atoms with Crippen LogP contribution in [0.4, 0.5) is 0 Å². The molecule has 28 heavy (non-hydrogen) atoms. The van der Waals surface area contributed by atoms with Crippen LogP contribution in [0.2, 0.25) is 0 Å². The Bertz CT molecular complexity index is 728. The summed E-state index contributed by atoms with van der Waals surface area (Å²) in [7, 11) is 0. The van der Waals surface area contributed by atoms with Crippen LogP contribution in [0.1, 0.15) is 54.9 Å². The van der Waals surface area contributed by atoms with Gasteiger partial charge in [0.15, 0.2) is 0 Å². The summed E-state index contributed by atoms with van der Waals surface area (Å²) in [5.74, 6) is 0.286. The van der Waals surface area contributed by atoms with Crippen molar-refractivity contribution in [1.29, 1.82) is 0 Å². The molecule has 1 aromatic rings. The second-order valence-electron chi connectivity index (χ2n) is 7.87. The summed E-state index contributed by atoms with van der Waals surface area (Å²) >= 11 is 0. The lowest BCUT2D eigenvalue weighted by Crippen LogP contribution is -2.42. The maximum atomic E-state index is 12.9. The third-order valence-electron chi connectivity index (χ3n) is 5.73. The lowest BCUT2D eigenvalue weighted by molar-refractivity contribution is -0.130. The van der Waals surface area contributed by atoms with Gasteiger partial charge in [0.1, 0.15) is 0 Å². The van der Waals surface area contributed by atoms with Crippen LogP contribution in [0.25, 0.3) is 0 Å². The lowest BCUT2D eigenvalue weighted by Gasteiger charge is -2.29. The van der Waals surface area contributed by atoms with Crippen LogP contribution in [0.5, 0.6) is 0 Å². The van der Waals surface area contributed by atoms with Gasteiger partial charge in [-0.3, -0.25) is 14.5 Å². The Kier molecular flexibility index (Phi) is 7.26. The number of likely N-dealkylation sites (N-methyl/N-ethyl adjacent to an activating group) is 1. The van der Waals surface area contributed by atoms with E-state index < -0.39 is 0 Å². The van der Waals surface area contributed by atoms with Gasteiger partial charge in [-0.15, -0.1) is 0 Å². The second-order valence-corrected chi connectivity index (χ2v) is 7.87. The van der Waals surface area contributed by atoms with E-state index in [2.05, 4.69) is 17.9 Å². The maximum absolute atomic E-state index is 12.9. The molecule has 0 spiro atoms. The SMILES string of the molecule is CCN(C(=O)CN1CCCN(C(=O)c2cccc(C)c2)CC1)C1=CCCCC1. The lowest BCUT2D eigenvalue weighted by atomic mass is 10.0. The molecule has 2 amide bonds. The van der Waals surface area contributed by atoms with Gasteiger partial charge >= 0.3 is 0 Å². The number of hydrogen-bond donors (Lipinski definition) is 0. The van der Waals surface area contributed by atoms with Crippen molar-refractivity contribution in [2.24, 2.45) is 0 Å². The first-order chi connectivity index (χ1) is 13.6. The molecule has 0 aromatic heterocycles. The Morgan fingerprint density at radius 1 is 1.07 bits per heavy atom. The van der Waals surface area contributed by atoms with Gasteiger partial charge in [-0.1, -0.05) is 23.8 Å². The molecule has 1 heterocycles. The molecule has 5 nitrogen and oxygen atoms in total. The quantitative estimate of drug-likeness (QED) is 0.782. The van der Waals surface area contributed by atoms with Gasteiger partial charge in [0.2, 0.25) is 5.91 Å². The largest absolute Gasteiger partial charge is 0.337 e. The Balaban J connectivity index is 1.56. The molecule has 0 saturated carbocycles. The van der Waals surface area contributed by atoms with Crippen LogP contribution in [0.15, 0.2) is 36.0 Å². The first-order valence-corrected chi connectivity index (χ1v) is 10.7. The standard InChI is InChI=1S/C23H33N3O2/c1-3-26(21-11-5-4-6-12-21)22(27)18-24-13-8-14-25(16-15-24)23(28)20-10-7-9-19(2)17-20/h7,9-11,17H,3-6,8,12-16,18H2,1-2H3. The molecule has 1 saturated heterocycles. The zero-order valence-electron chi connectivity index (χ0n) is 17.3. The van der Waals surface area contributed by atoms with Crippen molar-refractivity contribution in [2.75, 3.05) is 39.3 Å². The molecular formula is C23H33N3O2. The van der Waals surface area contributed by atoms with Gasteiger partial charge in [-0.05, 0) is 58.1 Å². The van der Waals surface area contributed by atoms with Gasteiger partial charge in [0.05, 0.1) is 6.54 Å². The van der Waals surface area contributed by atoms with Crippen molar-refractivity contribution in [2.45, 2.75) is 46.0 Å². The van der Waals surface area contributed by atoms with Crippen LogP contribution >= 0.6 is 0 Å². The third-order valence-corrected chi connectivity index (χ3v) is 5.73. The van der Waals surface area contributed by atoms with Crippen molar-refractivity contribution in [3.63, 3.8) is 0 Å². The van der Waals surface area contributed by atoms with Crippen LogP contribution in [0.3, 0.4) is 0 Å². The Morgan fingerprint density at radius 2 is 1.93 bits per heavy atom. The van der Waals surface area contributed by atoms with Crippen molar-refractivity contribution < 1.29 is 9.59 Å². The molecule has 0 bridgehead atoms. The molecule has 2 aliphatic rings. The fourth-order valence-corrected chi connectivity index (χ4v) is 4.18. The molecule has 1 aliphatic carbocycles. The normalized spacial score (nSPS) is 18.4. The van der Waals surface area contributed by atoms with Gasteiger partial charge in [0, 0.05) is 44.0 Å². The predicted molar refractivity (Wildman–Crippen MR) is 112 cm³/mol. The van der Waals surface area contributed by atoms with Crippen molar-refractivity contribution >= 4 is 11.8 Å². The predicted octanol–water partition coefficient (Wildman–Crippen LogP) is 3.45. The number of carbonyl (C=O) groups excluding carboxylic acids is 2. The van der Waals surface area contributed by atoms with Crippen LogP contribution < -0.4 is 0 Å². The summed E-state index contributed by atoms with van der Waals surface area (Å²) < 4.78 is 0. The van der Waals surface area contributed by atoms with E-state index in [9.17, 15) is 9.59 Å². The minimum Gasteiger partial charge on any atom is -0.337 e. The highest BCUT2D eigenvalue weighted by Gasteiger charge is 2.24. The number of amides is 2. The number of allylic oxidation sites excluding steroid dienone is 2. The summed E-state index contributed by atoms with van der Waals surface area (Å²) in [6.07, 6.45) is 7.63. The summed E-state index contributed by atoms with van der Waals surface area (Å²) in [5, 5.41) is 0. The highest BCUT2D eigenvalue weighted by Crippen LogP contribution is 2.21. The molecule has 1 fully saturated rings. The van der Waals surface area contributed by atoms with E-state index >= 15 is 0 Å². The number of rotatable bonds is 5. The van der Waals surface area contributed by atoms with Crippen LogP contribution in [0, 0.1) is 6.92 Å². The third kappa shape index (κ3) is 5.22. The minimum atomic E-state index is 0.0967. The fourth-order valence-electron chi connectivity index (χ4n) is 4.18. The van der Waals surface area contributed by atoms with E-state index in [0.29, 0.717) is 13.1 Å². The smallest absolute Gasteiger partial charge is 0.253 e. The second kappa shape index (κ2) is 9.87. The van der Waals surface area contributed by atoms with Crippen LogP contribution in [-0.4, -0.2) is 65.8 Å². The zero-order valence-corrected chi connectivity index (χ0v) is 17.3. The molecule has 0 unspecified atom stereocenters. The van der Waals surface area contributed by atoms with Gasteiger partial charge in [-0.2, -0.15) is 0 Å². The Labute approximate surface area is 169 Å². The first kappa shape index (κ1) is 20.6. The number of nitrogens with zero attached hydrogens (tertiary/aromatic N) is 3. The molecule has 1 aromatic carbocycles. The number of benzene rings is 1. The topological polar surface area (TPSA) is 43.9 Å². The maximum Gasteiger partial charge on any atom is 0.253 e. The number of hydrogen-bond acceptors (Lipinski definition) is 3. The van der Waals surface area contributed by atoms with Gasteiger partial charge in [-0.25, -0.2) is 0 Å².